The smallest absolute Gasteiger partial charge is 1.00 e. The Bertz CT molecular complexity index is 40.3. The van der Waals surface area contributed by atoms with E-state index >= 15 is 0 Å². The fraction of sp³-hybridized carbons (Fsp3) is 0. The van der Waals surface area contributed by atoms with Crippen LogP contribution in [0.15, 0.2) is 0 Å². The van der Waals surface area contributed by atoms with Crippen LogP contribution < -0.4 is 51.4 Å². The monoisotopic (exact) mass is 143 g/mol. The first-order chi connectivity index (χ1) is 1.73. The van der Waals surface area contributed by atoms with Crippen LogP contribution in [0.3, 0.4) is 0 Å². The minimum Gasteiger partial charge on any atom is -1.00 e. The van der Waals surface area contributed by atoms with Gasteiger partial charge in [0.2, 0.25) is 0 Å². The summed E-state index contributed by atoms with van der Waals surface area (Å²) in [6.07, 6.45) is 0. The third kappa shape index (κ3) is 36.0. The van der Waals surface area contributed by atoms with Crippen LogP contribution in [0, 0.1) is 15.3 Å². The standard InChI is InChI=1S/Ca.K.NO3.2H/c;;2-1(3)4;;/q+2;+1;3*-1. The number of hydrogen-bond acceptors (Lipinski definition) is 3. The molecule has 0 aromatic carbocycles. The van der Waals surface area contributed by atoms with Crippen LogP contribution in [0.4, 0.5) is 0 Å². The number of rotatable bonds is 0. The zero-order chi connectivity index (χ0) is 3.58. The van der Waals surface area contributed by atoms with E-state index in [9.17, 15) is 0 Å². The Morgan fingerprint density at radius 3 is 1.50 bits per heavy atom. The summed E-state index contributed by atoms with van der Waals surface area (Å²) < 4.78 is 0. The molecule has 4 nitrogen and oxygen atoms in total. The summed E-state index contributed by atoms with van der Waals surface area (Å²) in [6.45, 7) is 0. The summed E-state index contributed by atoms with van der Waals surface area (Å²) >= 11 is 0. The van der Waals surface area contributed by atoms with E-state index in [0.717, 1.165) is 0 Å². The second kappa shape index (κ2) is 10.2. The summed E-state index contributed by atoms with van der Waals surface area (Å²) in [6, 6.07) is 0. The first kappa shape index (κ1) is 15.7. The molecule has 0 bridgehead atoms. The topological polar surface area (TPSA) is 66.2 Å². The van der Waals surface area contributed by atoms with E-state index < -0.39 is 5.09 Å². The molecule has 0 unspecified atom stereocenters. The molecule has 0 aliphatic rings. The van der Waals surface area contributed by atoms with Gasteiger partial charge in [0.1, 0.15) is 0 Å². The van der Waals surface area contributed by atoms with Crippen LogP contribution in [-0.2, 0) is 0 Å². The van der Waals surface area contributed by atoms with Crippen molar-refractivity contribution in [3.05, 3.63) is 15.3 Å². The zero-order valence-corrected chi connectivity index (χ0v) is 8.71. The van der Waals surface area contributed by atoms with Crippen LogP contribution >= 0.6 is 0 Å². The first-order valence-corrected chi connectivity index (χ1v) is 0.548. The fourth-order valence-electron chi connectivity index (χ4n) is 0. The third-order valence-corrected chi connectivity index (χ3v) is 0. The van der Waals surface area contributed by atoms with Crippen molar-refractivity contribution in [2.75, 3.05) is 0 Å². The molecule has 0 aliphatic carbocycles. The van der Waals surface area contributed by atoms with Gasteiger partial charge in [-0.05, 0) is 0 Å². The maximum absolute atomic E-state index is 8.25. The molecule has 0 spiro atoms. The van der Waals surface area contributed by atoms with E-state index in [0.29, 0.717) is 0 Å². The molecule has 0 aromatic heterocycles. The molecule has 6 heavy (non-hydrogen) atoms. The normalized spacial score (nSPS) is 4.00. The van der Waals surface area contributed by atoms with Gasteiger partial charge in [0, 0.05) is 0 Å². The van der Waals surface area contributed by atoms with Gasteiger partial charge in [-0.15, -0.1) is 0 Å². The Balaban J connectivity index is -0.00000000750. The molecular formula is H2CaKNO3. The quantitative estimate of drug-likeness (QED) is 0.202. The molecule has 0 rings (SSSR count). The number of hydrogen-bond donors (Lipinski definition) is 0. The minimum atomic E-state index is -1.75. The van der Waals surface area contributed by atoms with E-state index in [-0.39, 0.29) is 92.0 Å². The average Bonchev–Trinajstić information content (AvgIpc) is 0.811. The Hall–Kier alpha value is 2.10. The van der Waals surface area contributed by atoms with Crippen molar-refractivity contribution in [3.63, 3.8) is 0 Å². The van der Waals surface area contributed by atoms with Gasteiger partial charge in [0.05, 0.1) is 5.09 Å². The summed E-state index contributed by atoms with van der Waals surface area (Å²) in [7, 11) is 0. The van der Waals surface area contributed by atoms with Crippen LogP contribution in [0.2, 0.25) is 0 Å². The summed E-state index contributed by atoms with van der Waals surface area (Å²) in [5.74, 6) is 0. The molecule has 0 saturated carbocycles. The Kier molecular flexibility index (Phi) is 26.6. The molecule has 0 aliphatic heterocycles. The largest absolute Gasteiger partial charge is 2.00 e. The van der Waals surface area contributed by atoms with Crippen molar-refractivity contribution >= 4 is 37.7 Å². The Labute approximate surface area is 110 Å². The van der Waals surface area contributed by atoms with Gasteiger partial charge in [-0.25, -0.2) is 0 Å². The second-order valence-corrected chi connectivity index (χ2v) is 0.224. The second-order valence-electron chi connectivity index (χ2n) is 0.224. The van der Waals surface area contributed by atoms with Crippen LogP contribution in [0.5, 0.6) is 0 Å². The Morgan fingerprint density at radius 1 is 1.50 bits per heavy atom. The molecule has 6 heteroatoms. The van der Waals surface area contributed by atoms with E-state index in [1.54, 1.807) is 0 Å². The van der Waals surface area contributed by atoms with Gasteiger partial charge < -0.3 is 18.2 Å². The van der Waals surface area contributed by atoms with Crippen LogP contribution in [-0.4, -0.2) is 42.8 Å². The van der Waals surface area contributed by atoms with Crippen molar-refractivity contribution in [1.29, 1.82) is 0 Å². The van der Waals surface area contributed by atoms with Crippen molar-refractivity contribution < 1.29 is 59.3 Å². The summed E-state index contributed by atoms with van der Waals surface area (Å²) in [5.41, 5.74) is 0. The van der Waals surface area contributed by atoms with Gasteiger partial charge in [-0.3, -0.25) is 0 Å². The molecule has 0 aromatic rings. The van der Waals surface area contributed by atoms with E-state index in [1.807, 2.05) is 0 Å². The fourth-order valence-corrected chi connectivity index (χ4v) is 0. The molecule has 0 saturated heterocycles. The molecule has 0 radical (unpaired) electrons. The van der Waals surface area contributed by atoms with Crippen molar-refractivity contribution in [3.8, 4) is 0 Å². The van der Waals surface area contributed by atoms with Crippen LogP contribution in [0.1, 0.15) is 2.85 Å². The van der Waals surface area contributed by atoms with Gasteiger partial charge in [0.25, 0.3) is 0 Å². The van der Waals surface area contributed by atoms with Crippen LogP contribution in [0.25, 0.3) is 0 Å². The SMILES string of the molecule is O=[N+]([O-])[O-].[Ca+2].[H-].[H-].[K+]. The van der Waals surface area contributed by atoms with Gasteiger partial charge in [0.15, 0.2) is 0 Å². The first-order valence-electron chi connectivity index (χ1n) is 0.548. The molecular weight excluding hydrogens is 141 g/mol. The molecule has 0 amide bonds. The Morgan fingerprint density at radius 2 is 1.50 bits per heavy atom. The maximum atomic E-state index is 8.25. The predicted molar refractivity (Wildman–Crippen MR) is 18.3 cm³/mol. The average molecular weight is 143 g/mol. The van der Waals surface area contributed by atoms with Crippen molar-refractivity contribution in [1.82, 2.24) is 0 Å². The molecule has 0 heterocycles. The maximum Gasteiger partial charge on any atom is 2.00 e. The summed E-state index contributed by atoms with van der Waals surface area (Å²) in [5, 5.41) is 14.8. The van der Waals surface area contributed by atoms with E-state index in [1.165, 1.54) is 0 Å². The molecule has 0 N–H and O–H groups in total. The predicted octanol–water partition coefficient (Wildman–Crippen LogP) is -3.39. The zero-order valence-electron chi connectivity index (χ0n) is 5.38. The molecule has 28 valence electrons. The van der Waals surface area contributed by atoms with Crippen molar-refractivity contribution in [2.24, 2.45) is 0 Å². The van der Waals surface area contributed by atoms with Gasteiger partial charge in [-0.1, -0.05) is 0 Å². The van der Waals surface area contributed by atoms with Gasteiger partial charge >= 0.3 is 89.1 Å². The van der Waals surface area contributed by atoms with Crippen molar-refractivity contribution in [2.45, 2.75) is 0 Å². The molecule has 0 fully saturated rings. The molecule has 0 atom stereocenters. The minimum absolute atomic E-state index is 0. The van der Waals surface area contributed by atoms with E-state index in [4.69, 9.17) is 15.3 Å². The van der Waals surface area contributed by atoms with E-state index in [2.05, 4.69) is 0 Å². The third-order valence-electron chi connectivity index (χ3n) is 0. The number of nitrogens with zero attached hydrogens (tertiary/aromatic N) is 1. The van der Waals surface area contributed by atoms with Gasteiger partial charge in [-0.2, -0.15) is 0 Å². The summed E-state index contributed by atoms with van der Waals surface area (Å²) in [4.78, 5) is 8.25.